The highest BCUT2D eigenvalue weighted by Gasteiger charge is 2.55. The molecule has 11 aromatic carbocycles. The summed E-state index contributed by atoms with van der Waals surface area (Å²) in [5.74, 6) is 1.49. The Morgan fingerprint density at radius 2 is 0.826 bits per heavy atom. The highest BCUT2D eigenvalue weighted by molar-refractivity contribution is 6.99. The van der Waals surface area contributed by atoms with E-state index in [1.807, 2.05) is 18.2 Å². The molecular weight excluding hydrogens is 1040 g/mol. The molecule has 14 rings (SSSR count). The first kappa shape index (κ1) is 49.4. The molecule has 0 aliphatic carbocycles. The number of hydrogen-bond donors (Lipinski definition) is 0. The number of hydrogen-bond acceptors (Lipinski definition) is 2. The third-order valence-corrected chi connectivity index (χ3v) is 18.5. The van der Waals surface area contributed by atoms with Gasteiger partial charge in [-0.3, -0.25) is 0 Å². The predicted molar refractivity (Wildman–Crippen MR) is 366 cm³/mol. The molecule has 0 unspecified atom stereocenters. The zero-order valence-corrected chi connectivity index (χ0v) is 51.6. The fourth-order valence-corrected chi connectivity index (χ4v) is 13.8. The largest absolute Gasteiger partial charge is 0.457 e. The lowest BCUT2D eigenvalue weighted by Crippen LogP contribution is -2.65. The summed E-state index contributed by atoms with van der Waals surface area (Å²) < 4.78 is 52.8. The molecule has 3 aliphatic rings. The predicted octanol–water partition coefficient (Wildman–Crippen LogP) is 20.3. The second kappa shape index (κ2) is 20.1. The molecule has 0 radical (unpaired) electrons. The number of nitrogens with zero attached hydrogens (tertiary/aromatic N) is 1. The third-order valence-electron chi connectivity index (χ3n) is 18.5. The van der Waals surface area contributed by atoms with Gasteiger partial charge in [0.2, 0.25) is 6.71 Å². The van der Waals surface area contributed by atoms with E-state index >= 15 is 0 Å². The van der Waals surface area contributed by atoms with Gasteiger partial charge in [0.05, 0.1) is 18.0 Å². The van der Waals surface area contributed by atoms with Crippen molar-refractivity contribution in [3.63, 3.8) is 0 Å². The molecule has 86 heavy (non-hydrogen) atoms. The monoisotopic (exact) mass is 1120 g/mol. The number of ether oxygens (including phenoxy) is 1. The van der Waals surface area contributed by atoms with Crippen LogP contribution in [0.25, 0.3) is 55.6 Å². The zero-order valence-electron chi connectivity index (χ0n) is 56.6. The van der Waals surface area contributed by atoms with E-state index < -0.39 is 18.2 Å². The molecule has 0 aromatic heterocycles. The van der Waals surface area contributed by atoms with Gasteiger partial charge < -0.3 is 9.64 Å². The standard InChI is InChI=1S/C83H76BNO/c1-79(2,3)61-34-26-33-56(43-61)60-46-70-77-74(49-60)85(78-65(54-29-18-14-19-30-54)51-64(82(10,11)12)52-66(78)55-31-20-15-21-32-55)73-48-58(59-44-62(80(4,5)6)50-63(45-59)81(7,8)9)40-42-71(73)84(77)72-47-57(53-27-16-13-17-28-53)39-41-67(72)83(70)68-35-22-24-37-75(68)86-76-38-25-23-36-69(76)83/h13-52H,1-12H3/i13D,16D,17D,27D,28D. The summed E-state index contributed by atoms with van der Waals surface area (Å²) in [7, 11) is 0. The lowest BCUT2D eigenvalue weighted by Gasteiger charge is -2.50. The van der Waals surface area contributed by atoms with Gasteiger partial charge in [-0.15, -0.1) is 0 Å². The van der Waals surface area contributed by atoms with E-state index in [2.05, 4.69) is 282 Å². The molecule has 11 aromatic rings. The van der Waals surface area contributed by atoms with Gasteiger partial charge in [0.15, 0.2) is 0 Å². The van der Waals surface area contributed by atoms with Gasteiger partial charge >= 0.3 is 0 Å². The minimum atomic E-state index is -1.03. The first-order valence-corrected chi connectivity index (χ1v) is 30.5. The normalized spacial score (nSPS) is 14.8. The number of anilines is 3. The fraction of sp³-hybridized carbons (Fsp3) is 0.205. The lowest BCUT2D eigenvalue weighted by molar-refractivity contribution is 0.435. The van der Waals surface area contributed by atoms with Crippen LogP contribution in [-0.4, -0.2) is 6.71 Å². The maximum Gasteiger partial charge on any atom is 0.247 e. The van der Waals surface area contributed by atoms with Gasteiger partial charge in [-0.1, -0.05) is 289 Å². The summed E-state index contributed by atoms with van der Waals surface area (Å²) in [6, 6.07) is 76.7. The maximum absolute atomic E-state index is 9.50. The number of para-hydroxylation sites is 2. The number of fused-ring (bicyclic) bond motifs is 10. The van der Waals surface area contributed by atoms with Gasteiger partial charge in [-0.2, -0.15) is 0 Å². The fourth-order valence-electron chi connectivity index (χ4n) is 13.8. The summed E-state index contributed by atoms with van der Waals surface area (Å²) in [6.07, 6.45) is 0. The minimum Gasteiger partial charge on any atom is -0.457 e. The van der Waals surface area contributed by atoms with Crippen LogP contribution in [0, 0.1) is 0 Å². The second-order valence-electron chi connectivity index (χ2n) is 28.2. The molecule has 0 saturated carbocycles. The van der Waals surface area contributed by atoms with E-state index in [9.17, 15) is 2.74 Å². The summed E-state index contributed by atoms with van der Waals surface area (Å²) in [5, 5.41) is 0. The van der Waals surface area contributed by atoms with Crippen molar-refractivity contribution in [1.82, 2.24) is 0 Å². The van der Waals surface area contributed by atoms with Crippen molar-refractivity contribution in [3.8, 4) is 67.1 Å². The van der Waals surface area contributed by atoms with Crippen LogP contribution >= 0.6 is 0 Å². The maximum atomic E-state index is 9.50. The Morgan fingerprint density at radius 3 is 1.41 bits per heavy atom. The Kier molecular flexibility index (Phi) is 11.5. The first-order valence-electron chi connectivity index (χ1n) is 33.0. The van der Waals surface area contributed by atoms with Crippen LogP contribution in [0.5, 0.6) is 11.5 Å². The molecule has 422 valence electrons. The van der Waals surface area contributed by atoms with E-state index in [4.69, 9.17) is 8.85 Å². The van der Waals surface area contributed by atoms with Gasteiger partial charge in [-0.05, 0) is 153 Å². The van der Waals surface area contributed by atoms with E-state index in [1.54, 1.807) is 0 Å². The zero-order chi connectivity index (χ0) is 64.0. The molecule has 0 N–H and O–H groups in total. The van der Waals surface area contributed by atoms with Gasteiger partial charge in [0.1, 0.15) is 11.5 Å². The summed E-state index contributed by atoms with van der Waals surface area (Å²) in [6.45, 7) is 27.1. The molecule has 3 heterocycles. The van der Waals surface area contributed by atoms with Crippen molar-refractivity contribution < 1.29 is 11.6 Å². The third kappa shape index (κ3) is 9.08. The molecule has 3 heteroatoms. The Labute approximate surface area is 518 Å². The molecule has 0 amide bonds. The van der Waals surface area contributed by atoms with Crippen LogP contribution in [0.4, 0.5) is 17.1 Å². The molecule has 0 saturated heterocycles. The van der Waals surface area contributed by atoms with Crippen LogP contribution in [-0.2, 0) is 27.1 Å². The molecule has 0 atom stereocenters. The van der Waals surface area contributed by atoms with Crippen LogP contribution in [0.15, 0.2) is 243 Å². The average Bonchev–Trinajstić information content (AvgIpc) is 0.667. The molecule has 0 bridgehead atoms. The van der Waals surface area contributed by atoms with E-state index in [-0.39, 0.29) is 51.4 Å². The van der Waals surface area contributed by atoms with E-state index in [0.717, 1.165) is 112 Å². The quantitative estimate of drug-likeness (QED) is 0.154. The summed E-state index contributed by atoms with van der Waals surface area (Å²) in [4.78, 5) is 2.62. The van der Waals surface area contributed by atoms with Gasteiger partial charge in [0, 0.05) is 33.6 Å². The van der Waals surface area contributed by atoms with Gasteiger partial charge in [0.25, 0.3) is 0 Å². The topological polar surface area (TPSA) is 12.5 Å². The first-order chi connectivity index (χ1) is 43.2. The molecule has 0 fully saturated rings. The van der Waals surface area contributed by atoms with E-state index in [0.29, 0.717) is 5.56 Å². The van der Waals surface area contributed by atoms with Crippen LogP contribution in [0.2, 0.25) is 0 Å². The molecular formula is C83H76BNO. The minimum absolute atomic E-state index is 0.141. The van der Waals surface area contributed by atoms with Crippen LogP contribution in [0.1, 0.15) is 134 Å². The summed E-state index contributed by atoms with van der Waals surface area (Å²) >= 11 is 0. The second-order valence-corrected chi connectivity index (χ2v) is 28.2. The Balaban J connectivity index is 1.23. The Bertz CT molecular complexity index is 4620. The average molecular weight is 1120 g/mol. The van der Waals surface area contributed by atoms with Crippen molar-refractivity contribution in [2.75, 3.05) is 4.90 Å². The summed E-state index contributed by atoms with van der Waals surface area (Å²) in [5.41, 5.74) is 23.1. The van der Waals surface area contributed by atoms with Crippen molar-refractivity contribution in [1.29, 1.82) is 0 Å². The van der Waals surface area contributed by atoms with Crippen molar-refractivity contribution in [2.45, 2.75) is 110 Å². The Morgan fingerprint density at radius 1 is 0.349 bits per heavy atom. The molecule has 1 spiro atoms. The van der Waals surface area contributed by atoms with Gasteiger partial charge in [-0.25, -0.2) is 0 Å². The Hall–Kier alpha value is -8.92. The smallest absolute Gasteiger partial charge is 0.247 e. The van der Waals surface area contributed by atoms with Crippen LogP contribution in [0.3, 0.4) is 0 Å². The van der Waals surface area contributed by atoms with Crippen molar-refractivity contribution >= 4 is 40.2 Å². The highest BCUT2D eigenvalue weighted by Crippen LogP contribution is 2.59. The van der Waals surface area contributed by atoms with Crippen molar-refractivity contribution in [2.24, 2.45) is 0 Å². The van der Waals surface area contributed by atoms with Crippen molar-refractivity contribution in [3.05, 3.63) is 287 Å². The van der Waals surface area contributed by atoms with E-state index in [1.165, 1.54) is 22.3 Å². The van der Waals surface area contributed by atoms with Crippen LogP contribution < -0.4 is 26.0 Å². The molecule has 2 nitrogen and oxygen atoms in total. The SMILES string of the molecule is [2H]c1c([2H])c([2H])c(-c2ccc3c(c2)B2c4ccc(-c5cc(C(C)(C)C)cc(C(C)(C)C)c5)cc4N(c4c(-c5ccccc5)cc(C(C)(C)C)cc4-c4ccccc4)c4cc(-c5cccc(C(C)(C)C)c5)cc(c42)C32c3ccccc3Oc3ccccc32)c([2H])c1[2H]. The highest BCUT2D eigenvalue weighted by atomic mass is 16.5. The number of benzene rings is 11. The molecule has 3 aliphatic heterocycles. The number of rotatable bonds is 6. The lowest BCUT2D eigenvalue weighted by atomic mass is 9.29.